The van der Waals surface area contributed by atoms with Gasteiger partial charge in [-0.3, -0.25) is 0 Å². The lowest BCUT2D eigenvalue weighted by atomic mass is 9.87. The first-order chi connectivity index (χ1) is 15.9. The molecule has 33 heavy (non-hydrogen) atoms. The molecule has 2 unspecified atom stereocenters. The highest BCUT2D eigenvalue weighted by Gasteiger charge is 2.19. The van der Waals surface area contributed by atoms with Crippen molar-refractivity contribution < 1.29 is 13.9 Å². The molecule has 0 amide bonds. The zero-order valence-corrected chi connectivity index (χ0v) is 20.7. The molecule has 1 aromatic rings. The van der Waals surface area contributed by atoms with Crippen LogP contribution in [0.25, 0.3) is 5.57 Å². The second-order valence-electron chi connectivity index (χ2n) is 10.2. The molecule has 0 bridgehead atoms. The van der Waals surface area contributed by atoms with Crippen LogP contribution in [0.1, 0.15) is 76.8 Å². The molecule has 2 atom stereocenters. The lowest BCUT2D eigenvalue weighted by molar-refractivity contribution is 0.256. The van der Waals surface area contributed by atoms with Crippen molar-refractivity contribution in [1.29, 1.82) is 0 Å². The highest BCUT2D eigenvalue weighted by molar-refractivity contribution is 5.80. The van der Waals surface area contributed by atoms with Crippen LogP contribution in [0.15, 0.2) is 42.5 Å². The number of hydrogen-bond donors (Lipinski definition) is 1. The maximum absolute atomic E-state index is 13.7. The highest BCUT2D eigenvalue weighted by atomic mass is 19.1. The van der Waals surface area contributed by atoms with Gasteiger partial charge in [0.05, 0.1) is 13.2 Å². The topological polar surface area (TPSA) is 44.5 Å². The Balaban J connectivity index is 1.74. The molecule has 182 valence electrons. The molecule has 0 aliphatic heterocycles. The summed E-state index contributed by atoms with van der Waals surface area (Å²) in [6, 6.07) is 4.23. The van der Waals surface area contributed by atoms with Crippen molar-refractivity contribution >= 4 is 5.57 Å². The highest BCUT2D eigenvalue weighted by Crippen LogP contribution is 2.37. The summed E-state index contributed by atoms with van der Waals surface area (Å²) in [6.45, 7) is 8.62. The first-order valence-electron chi connectivity index (χ1n) is 12.7. The monoisotopic (exact) mass is 455 g/mol. The van der Waals surface area contributed by atoms with E-state index < -0.39 is 6.17 Å². The van der Waals surface area contributed by atoms with E-state index in [0.717, 1.165) is 66.7 Å². The molecular formula is C29H42FNO2. The Morgan fingerprint density at radius 1 is 1.12 bits per heavy atom. The Morgan fingerprint density at radius 3 is 2.64 bits per heavy atom. The number of halogens is 1. The van der Waals surface area contributed by atoms with Gasteiger partial charge in [0.2, 0.25) is 0 Å². The van der Waals surface area contributed by atoms with Crippen molar-refractivity contribution in [3.8, 4) is 11.5 Å². The van der Waals surface area contributed by atoms with E-state index in [1.54, 1.807) is 6.08 Å². The summed E-state index contributed by atoms with van der Waals surface area (Å²) >= 11 is 0. The summed E-state index contributed by atoms with van der Waals surface area (Å²) in [6.07, 6.45) is 17.2. The number of benzene rings is 1. The molecule has 2 N–H and O–H groups in total. The predicted molar refractivity (Wildman–Crippen MR) is 137 cm³/mol. The van der Waals surface area contributed by atoms with E-state index in [4.69, 9.17) is 15.2 Å². The van der Waals surface area contributed by atoms with Crippen molar-refractivity contribution in [2.24, 2.45) is 17.1 Å². The van der Waals surface area contributed by atoms with Crippen molar-refractivity contribution in [2.75, 3.05) is 19.8 Å². The van der Waals surface area contributed by atoms with Gasteiger partial charge in [-0.1, -0.05) is 45.1 Å². The predicted octanol–water partition coefficient (Wildman–Crippen LogP) is 7.20. The maximum atomic E-state index is 13.7. The molecule has 0 radical (unpaired) electrons. The van der Waals surface area contributed by atoms with E-state index >= 15 is 0 Å². The molecule has 3 rings (SSSR count). The zero-order valence-electron chi connectivity index (χ0n) is 20.7. The summed E-state index contributed by atoms with van der Waals surface area (Å²) in [5, 5.41) is 0. The first-order valence-corrected chi connectivity index (χ1v) is 12.7. The first kappa shape index (κ1) is 25.6. The lowest BCUT2D eigenvalue weighted by Crippen LogP contribution is -2.23. The van der Waals surface area contributed by atoms with Gasteiger partial charge in [0.1, 0.15) is 17.7 Å². The van der Waals surface area contributed by atoms with Crippen LogP contribution < -0.4 is 15.2 Å². The maximum Gasteiger partial charge on any atom is 0.130 e. The number of hydrogen-bond acceptors (Lipinski definition) is 3. The number of unbranched alkanes of at least 4 members (excludes halogenated alkanes) is 1. The van der Waals surface area contributed by atoms with Crippen LogP contribution in [0.4, 0.5) is 4.39 Å². The average molecular weight is 456 g/mol. The van der Waals surface area contributed by atoms with Crippen LogP contribution >= 0.6 is 0 Å². The Hall–Kier alpha value is -2.07. The molecule has 3 nitrogen and oxygen atoms in total. The third-order valence-corrected chi connectivity index (χ3v) is 6.77. The number of aryl methyl sites for hydroxylation is 1. The van der Waals surface area contributed by atoms with E-state index in [9.17, 15) is 4.39 Å². The minimum absolute atomic E-state index is 0.185. The summed E-state index contributed by atoms with van der Waals surface area (Å²) in [4.78, 5) is 0. The minimum atomic E-state index is -0.900. The lowest BCUT2D eigenvalue weighted by Gasteiger charge is -2.23. The van der Waals surface area contributed by atoms with Gasteiger partial charge in [0, 0.05) is 24.0 Å². The summed E-state index contributed by atoms with van der Waals surface area (Å²) in [7, 11) is 0. The van der Waals surface area contributed by atoms with E-state index in [1.807, 2.05) is 12.2 Å². The SMILES string of the molecule is CCc1cc(C2=CCC(F)C=C2)c(OCC2C=CCCC2)cc1OCCCCC(C)(C)CN. The Morgan fingerprint density at radius 2 is 1.97 bits per heavy atom. The van der Waals surface area contributed by atoms with Gasteiger partial charge < -0.3 is 15.2 Å². The number of rotatable bonds is 12. The van der Waals surface area contributed by atoms with Gasteiger partial charge in [0.15, 0.2) is 0 Å². The molecule has 2 aliphatic rings. The largest absolute Gasteiger partial charge is 0.493 e. The molecule has 2 aliphatic carbocycles. The van der Waals surface area contributed by atoms with Gasteiger partial charge in [-0.25, -0.2) is 4.39 Å². The fraction of sp³-hybridized carbons (Fsp3) is 0.586. The normalized spacial score (nSPS) is 20.6. The van der Waals surface area contributed by atoms with Crippen molar-refractivity contribution in [2.45, 2.75) is 78.3 Å². The third-order valence-electron chi connectivity index (χ3n) is 6.77. The average Bonchev–Trinajstić information content (AvgIpc) is 2.83. The molecule has 0 saturated carbocycles. The van der Waals surface area contributed by atoms with Gasteiger partial charge >= 0.3 is 0 Å². The van der Waals surface area contributed by atoms with Crippen LogP contribution in [0.3, 0.4) is 0 Å². The molecule has 0 aromatic heterocycles. The van der Waals surface area contributed by atoms with Crippen LogP contribution in [0.5, 0.6) is 11.5 Å². The summed E-state index contributed by atoms with van der Waals surface area (Å²) in [5.41, 5.74) is 9.26. The van der Waals surface area contributed by atoms with Crippen LogP contribution in [0, 0.1) is 11.3 Å². The Kier molecular flexibility index (Phi) is 9.61. The van der Waals surface area contributed by atoms with E-state index in [2.05, 4.69) is 45.1 Å². The van der Waals surface area contributed by atoms with Crippen LogP contribution in [-0.4, -0.2) is 25.9 Å². The number of ether oxygens (including phenoxy) is 2. The quantitative estimate of drug-likeness (QED) is 0.268. The number of alkyl halides is 1. The molecule has 0 saturated heterocycles. The zero-order chi connectivity index (χ0) is 23.7. The molecule has 0 heterocycles. The second-order valence-corrected chi connectivity index (χ2v) is 10.2. The van der Waals surface area contributed by atoms with E-state index in [-0.39, 0.29) is 5.41 Å². The smallest absolute Gasteiger partial charge is 0.130 e. The number of nitrogens with two attached hydrogens (primary N) is 1. The molecular weight excluding hydrogens is 413 g/mol. The van der Waals surface area contributed by atoms with Crippen LogP contribution in [-0.2, 0) is 6.42 Å². The fourth-order valence-electron chi connectivity index (χ4n) is 4.36. The molecule has 0 spiro atoms. The van der Waals surface area contributed by atoms with Crippen molar-refractivity contribution in [3.63, 3.8) is 0 Å². The van der Waals surface area contributed by atoms with Crippen molar-refractivity contribution in [1.82, 2.24) is 0 Å². The van der Waals surface area contributed by atoms with E-state index in [0.29, 0.717) is 32.1 Å². The molecule has 1 aromatic carbocycles. The molecule has 4 heteroatoms. The summed E-state index contributed by atoms with van der Waals surface area (Å²) < 4.78 is 26.3. The van der Waals surface area contributed by atoms with Gasteiger partial charge in [0.25, 0.3) is 0 Å². The summed E-state index contributed by atoms with van der Waals surface area (Å²) in [5.74, 6) is 2.18. The van der Waals surface area contributed by atoms with Gasteiger partial charge in [-0.05, 0) is 80.2 Å². The molecule has 0 fully saturated rings. The Bertz CT molecular complexity index is 855. The third kappa shape index (κ3) is 7.74. The second kappa shape index (κ2) is 12.4. The van der Waals surface area contributed by atoms with E-state index in [1.165, 1.54) is 6.42 Å². The van der Waals surface area contributed by atoms with Gasteiger partial charge in [-0.2, -0.15) is 0 Å². The van der Waals surface area contributed by atoms with Crippen molar-refractivity contribution in [3.05, 3.63) is 53.6 Å². The standard InChI is InChI=1S/C29H42FNO2/c1-4-23-18-26(24-12-14-25(30)15-13-24)28(33-20-22-10-6-5-7-11-22)19-27(23)32-17-9-8-16-29(2,3)21-31/h6,10,12-14,18-19,22,25H,4-5,7-9,11,15-17,20-21,31H2,1-3H3. The number of allylic oxidation sites excluding steroid dienone is 5. The minimum Gasteiger partial charge on any atom is -0.493 e. The van der Waals surface area contributed by atoms with Crippen LogP contribution in [0.2, 0.25) is 0 Å². The fourth-order valence-corrected chi connectivity index (χ4v) is 4.36. The van der Waals surface area contributed by atoms with Gasteiger partial charge in [-0.15, -0.1) is 0 Å². The Labute approximate surface area is 199 Å².